The molecule has 0 aliphatic rings. The van der Waals surface area contributed by atoms with Gasteiger partial charge in [-0.2, -0.15) is 0 Å². The normalized spacial score (nSPS) is 10.0. The molecule has 1 nitrogen and oxygen atoms in total. The van der Waals surface area contributed by atoms with Gasteiger partial charge in [-0.3, -0.25) is 0 Å². The third-order valence-corrected chi connectivity index (χ3v) is 1.70. The van der Waals surface area contributed by atoms with E-state index in [1.165, 1.54) is 6.07 Å². The molecule has 70 valence electrons. The molecule has 0 spiro atoms. The van der Waals surface area contributed by atoms with Crippen LogP contribution in [0.2, 0.25) is 0 Å². The molecule has 0 atom stereocenters. The number of hydrogen-bond acceptors (Lipinski definition) is 1. The van der Waals surface area contributed by atoms with Crippen molar-refractivity contribution in [3.8, 4) is 0 Å². The van der Waals surface area contributed by atoms with Gasteiger partial charge in [0, 0.05) is 18.7 Å². The fourth-order valence-corrected chi connectivity index (χ4v) is 1.05. The summed E-state index contributed by atoms with van der Waals surface area (Å²) in [5.41, 5.74) is 1.75. The van der Waals surface area contributed by atoms with Crippen LogP contribution in [0.15, 0.2) is 36.4 Å². The van der Waals surface area contributed by atoms with E-state index in [-0.39, 0.29) is 5.82 Å². The zero-order valence-electron chi connectivity index (χ0n) is 7.81. The van der Waals surface area contributed by atoms with E-state index in [1.807, 2.05) is 13.0 Å². The summed E-state index contributed by atoms with van der Waals surface area (Å²) in [5.74, 6) is -0.156. The molecule has 13 heavy (non-hydrogen) atoms. The Kier molecular flexibility index (Phi) is 3.65. The monoisotopic (exact) mass is 179 g/mol. The summed E-state index contributed by atoms with van der Waals surface area (Å²) in [5, 5.41) is 3.10. The third kappa shape index (κ3) is 3.38. The van der Waals surface area contributed by atoms with Crippen molar-refractivity contribution in [1.82, 2.24) is 5.32 Å². The molecule has 0 fully saturated rings. The molecule has 0 aromatic heterocycles. The Labute approximate surface area is 78.3 Å². The standard InChI is InChI=1S/C11H14FN/c1-9(2)7-13-8-10-5-3-4-6-11(10)12/h3-6,13H,1,7-8H2,2H3. The van der Waals surface area contributed by atoms with Gasteiger partial charge in [0.15, 0.2) is 0 Å². The molecule has 0 bridgehead atoms. The lowest BCUT2D eigenvalue weighted by molar-refractivity contribution is 0.595. The fourth-order valence-electron chi connectivity index (χ4n) is 1.05. The molecule has 1 aromatic rings. The van der Waals surface area contributed by atoms with Gasteiger partial charge in [-0.15, -0.1) is 0 Å². The molecule has 1 rings (SSSR count). The molecule has 0 saturated carbocycles. The van der Waals surface area contributed by atoms with Crippen molar-refractivity contribution in [3.63, 3.8) is 0 Å². The van der Waals surface area contributed by atoms with Gasteiger partial charge in [0.25, 0.3) is 0 Å². The maximum atomic E-state index is 13.1. The van der Waals surface area contributed by atoms with Crippen LogP contribution in [0.25, 0.3) is 0 Å². The first-order valence-electron chi connectivity index (χ1n) is 4.28. The Morgan fingerprint density at radius 1 is 1.46 bits per heavy atom. The predicted octanol–water partition coefficient (Wildman–Crippen LogP) is 2.49. The summed E-state index contributed by atoms with van der Waals surface area (Å²) in [7, 11) is 0. The zero-order chi connectivity index (χ0) is 9.68. The van der Waals surface area contributed by atoms with Crippen LogP contribution in [-0.4, -0.2) is 6.54 Å². The molecule has 0 aliphatic heterocycles. The van der Waals surface area contributed by atoms with Crippen LogP contribution in [0, 0.1) is 5.82 Å². The second-order valence-corrected chi connectivity index (χ2v) is 3.15. The Hall–Kier alpha value is -1.15. The Bertz CT molecular complexity index is 294. The predicted molar refractivity (Wildman–Crippen MR) is 52.9 cm³/mol. The molecular formula is C11H14FN. The van der Waals surface area contributed by atoms with Crippen LogP contribution in [0.5, 0.6) is 0 Å². The lowest BCUT2D eigenvalue weighted by Crippen LogP contribution is -2.15. The molecule has 0 amide bonds. The lowest BCUT2D eigenvalue weighted by atomic mass is 10.2. The van der Waals surface area contributed by atoms with E-state index in [1.54, 1.807) is 12.1 Å². The summed E-state index contributed by atoms with van der Waals surface area (Å²) in [6.07, 6.45) is 0. The molecule has 0 saturated heterocycles. The van der Waals surface area contributed by atoms with Crippen molar-refractivity contribution in [3.05, 3.63) is 47.8 Å². The van der Waals surface area contributed by atoms with Crippen LogP contribution >= 0.6 is 0 Å². The molecule has 0 aliphatic carbocycles. The quantitative estimate of drug-likeness (QED) is 0.700. The van der Waals surface area contributed by atoms with Crippen molar-refractivity contribution in [2.45, 2.75) is 13.5 Å². The maximum absolute atomic E-state index is 13.1. The lowest BCUT2D eigenvalue weighted by Gasteiger charge is -2.04. The highest BCUT2D eigenvalue weighted by molar-refractivity contribution is 5.17. The highest BCUT2D eigenvalue weighted by Gasteiger charge is 1.98. The van der Waals surface area contributed by atoms with Crippen LogP contribution in [-0.2, 0) is 6.54 Å². The minimum absolute atomic E-state index is 0.156. The Balaban J connectivity index is 2.45. The van der Waals surface area contributed by atoms with E-state index < -0.39 is 0 Å². The summed E-state index contributed by atoms with van der Waals surface area (Å²) in [6.45, 7) is 6.98. The van der Waals surface area contributed by atoms with Crippen molar-refractivity contribution >= 4 is 0 Å². The summed E-state index contributed by atoms with van der Waals surface area (Å²) < 4.78 is 13.1. The first-order valence-corrected chi connectivity index (χ1v) is 4.28. The highest BCUT2D eigenvalue weighted by atomic mass is 19.1. The van der Waals surface area contributed by atoms with Crippen molar-refractivity contribution < 1.29 is 4.39 Å². The van der Waals surface area contributed by atoms with Gasteiger partial charge in [-0.05, 0) is 13.0 Å². The van der Waals surface area contributed by atoms with E-state index in [9.17, 15) is 4.39 Å². The molecule has 1 aromatic carbocycles. The average molecular weight is 179 g/mol. The van der Waals surface area contributed by atoms with Gasteiger partial charge >= 0.3 is 0 Å². The average Bonchev–Trinajstić information content (AvgIpc) is 2.08. The van der Waals surface area contributed by atoms with E-state index in [4.69, 9.17) is 0 Å². The van der Waals surface area contributed by atoms with Gasteiger partial charge in [-0.25, -0.2) is 4.39 Å². The van der Waals surface area contributed by atoms with Gasteiger partial charge in [0.1, 0.15) is 5.82 Å². The summed E-state index contributed by atoms with van der Waals surface area (Å²) in [6, 6.07) is 6.77. The molecule has 0 radical (unpaired) electrons. The highest BCUT2D eigenvalue weighted by Crippen LogP contribution is 2.05. The van der Waals surface area contributed by atoms with Gasteiger partial charge in [0.05, 0.1) is 0 Å². The maximum Gasteiger partial charge on any atom is 0.127 e. The van der Waals surface area contributed by atoms with Crippen molar-refractivity contribution in [2.75, 3.05) is 6.54 Å². The van der Waals surface area contributed by atoms with E-state index in [0.29, 0.717) is 12.1 Å². The van der Waals surface area contributed by atoms with Crippen LogP contribution in [0.3, 0.4) is 0 Å². The number of halogens is 1. The number of rotatable bonds is 4. The first-order chi connectivity index (χ1) is 6.20. The topological polar surface area (TPSA) is 12.0 Å². The summed E-state index contributed by atoms with van der Waals surface area (Å²) >= 11 is 0. The van der Waals surface area contributed by atoms with Gasteiger partial charge in [0.2, 0.25) is 0 Å². The van der Waals surface area contributed by atoms with Crippen LogP contribution < -0.4 is 5.32 Å². The fraction of sp³-hybridized carbons (Fsp3) is 0.273. The second kappa shape index (κ2) is 4.77. The minimum atomic E-state index is -0.156. The van der Waals surface area contributed by atoms with E-state index in [2.05, 4.69) is 11.9 Å². The molecule has 0 unspecified atom stereocenters. The smallest absolute Gasteiger partial charge is 0.127 e. The molecule has 0 heterocycles. The number of hydrogen-bond donors (Lipinski definition) is 1. The Morgan fingerprint density at radius 3 is 2.77 bits per heavy atom. The zero-order valence-corrected chi connectivity index (χ0v) is 7.81. The Morgan fingerprint density at radius 2 is 2.15 bits per heavy atom. The second-order valence-electron chi connectivity index (χ2n) is 3.15. The van der Waals surface area contributed by atoms with E-state index >= 15 is 0 Å². The SMILES string of the molecule is C=C(C)CNCc1ccccc1F. The van der Waals surface area contributed by atoms with Crippen LogP contribution in [0.1, 0.15) is 12.5 Å². The number of benzene rings is 1. The molecule has 1 N–H and O–H groups in total. The first kappa shape index (κ1) is 9.93. The van der Waals surface area contributed by atoms with Gasteiger partial charge < -0.3 is 5.32 Å². The van der Waals surface area contributed by atoms with E-state index in [0.717, 1.165) is 12.1 Å². The third-order valence-electron chi connectivity index (χ3n) is 1.70. The van der Waals surface area contributed by atoms with Gasteiger partial charge in [-0.1, -0.05) is 30.4 Å². The molecular weight excluding hydrogens is 165 g/mol. The molecule has 2 heteroatoms. The minimum Gasteiger partial charge on any atom is -0.309 e. The summed E-state index contributed by atoms with van der Waals surface area (Å²) in [4.78, 5) is 0. The van der Waals surface area contributed by atoms with Crippen molar-refractivity contribution in [1.29, 1.82) is 0 Å². The number of nitrogens with one attached hydrogen (secondary N) is 1. The van der Waals surface area contributed by atoms with Crippen LogP contribution in [0.4, 0.5) is 4.39 Å². The van der Waals surface area contributed by atoms with Crippen molar-refractivity contribution in [2.24, 2.45) is 0 Å². The largest absolute Gasteiger partial charge is 0.309 e.